The van der Waals surface area contributed by atoms with E-state index in [0.717, 1.165) is 13.2 Å². The number of benzene rings is 1. The van der Waals surface area contributed by atoms with E-state index >= 15 is 0 Å². The van der Waals surface area contributed by atoms with Crippen molar-refractivity contribution in [2.24, 2.45) is 0 Å². The van der Waals surface area contributed by atoms with Crippen LogP contribution < -0.4 is 10.9 Å². The fraction of sp³-hybridized carbons (Fsp3) is 0.273. The van der Waals surface area contributed by atoms with Gasteiger partial charge in [0.05, 0.1) is 35.2 Å². The van der Waals surface area contributed by atoms with Crippen LogP contribution in [0.2, 0.25) is 0 Å². The number of carbonyl (C=O) groups excluding carboxylic acids is 2. The molecule has 0 bridgehead atoms. The van der Waals surface area contributed by atoms with Gasteiger partial charge in [0, 0.05) is 6.07 Å². The molecule has 23 heavy (non-hydrogen) atoms. The predicted molar refractivity (Wildman–Crippen MR) is 74.9 cm³/mol. The van der Waals surface area contributed by atoms with Gasteiger partial charge in [-0.25, -0.2) is 15.0 Å². The van der Waals surface area contributed by atoms with Crippen LogP contribution in [0, 0.1) is 20.2 Å². The topological polar surface area (TPSA) is 163 Å². The van der Waals surface area contributed by atoms with Gasteiger partial charge in [0.2, 0.25) is 0 Å². The molecule has 0 heterocycles. The van der Waals surface area contributed by atoms with Gasteiger partial charge >= 0.3 is 17.7 Å². The number of esters is 1. The Balaban J connectivity index is 3.46. The van der Waals surface area contributed by atoms with Crippen molar-refractivity contribution in [2.45, 2.75) is 6.92 Å². The zero-order chi connectivity index (χ0) is 17.6. The summed E-state index contributed by atoms with van der Waals surface area (Å²) in [5.41, 5.74) is 1.65. The molecule has 0 spiro atoms. The number of rotatable bonds is 6. The number of non-ortho nitro benzene ring substituents is 1. The molecular weight excluding hydrogens is 316 g/mol. The Morgan fingerprint density at radius 2 is 1.87 bits per heavy atom. The molecule has 2 N–H and O–H groups in total. The number of ether oxygens (including phenoxy) is 2. The van der Waals surface area contributed by atoms with Crippen molar-refractivity contribution in [1.82, 2.24) is 5.43 Å². The maximum atomic E-state index is 11.9. The zero-order valence-corrected chi connectivity index (χ0v) is 12.0. The van der Waals surface area contributed by atoms with Crippen LogP contribution in [0.5, 0.6) is 0 Å². The molecule has 0 aliphatic rings. The molecule has 1 aromatic carbocycles. The third kappa shape index (κ3) is 4.26. The molecular formula is C11H12N4O8. The van der Waals surface area contributed by atoms with Crippen molar-refractivity contribution in [3.63, 3.8) is 0 Å². The molecule has 1 aromatic rings. The molecule has 12 nitrogen and oxygen atoms in total. The number of methoxy groups -OCH3 is 1. The lowest BCUT2D eigenvalue weighted by Crippen LogP contribution is -2.30. The largest absolute Gasteiger partial charge is 0.462 e. The van der Waals surface area contributed by atoms with Gasteiger partial charge in [-0.1, -0.05) is 0 Å². The van der Waals surface area contributed by atoms with Gasteiger partial charge in [-0.15, -0.1) is 0 Å². The summed E-state index contributed by atoms with van der Waals surface area (Å²) in [5.74, 6) is -1.03. The molecule has 0 unspecified atom stereocenters. The number of hydrogen-bond acceptors (Lipinski definition) is 9. The second-order valence-corrected chi connectivity index (χ2v) is 3.86. The van der Waals surface area contributed by atoms with Gasteiger partial charge in [-0.3, -0.25) is 25.7 Å². The lowest BCUT2D eigenvalue weighted by molar-refractivity contribution is -0.393. The SMILES string of the molecule is CCOC(=O)c1cc([N+](=O)[O-])cc([N+](=O)[O-])c1NNC(=O)OC. The van der Waals surface area contributed by atoms with Gasteiger partial charge in [0.1, 0.15) is 5.69 Å². The first-order chi connectivity index (χ1) is 10.8. The Kier molecular flexibility index (Phi) is 5.77. The number of nitrogens with zero attached hydrogens (tertiary/aromatic N) is 2. The minimum atomic E-state index is -1.03. The fourth-order valence-corrected chi connectivity index (χ4v) is 1.53. The van der Waals surface area contributed by atoms with Crippen molar-refractivity contribution in [3.05, 3.63) is 37.9 Å². The number of carbonyl (C=O) groups is 2. The molecule has 0 atom stereocenters. The number of nitro groups is 2. The van der Waals surface area contributed by atoms with Crippen molar-refractivity contribution in [1.29, 1.82) is 0 Å². The highest BCUT2D eigenvalue weighted by molar-refractivity contribution is 5.99. The third-order valence-corrected chi connectivity index (χ3v) is 2.48. The summed E-state index contributed by atoms with van der Waals surface area (Å²) >= 11 is 0. The van der Waals surface area contributed by atoms with Crippen LogP contribution in [-0.4, -0.2) is 35.6 Å². The molecule has 12 heteroatoms. The molecule has 0 aromatic heterocycles. The molecule has 0 radical (unpaired) electrons. The predicted octanol–water partition coefficient (Wildman–Crippen LogP) is 1.36. The molecule has 0 fully saturated rings. The van der Waals surface area contributed by atoms with E-state index in [4.69, 9.17) is 4.74 Å². The van der Waals surface area contributed by atoms with Crippen molar-refractivity contribution in [3.8, 4) is 0 Å². The highest BCUT2D eigenvalue weighted by Gasteiger charge is 2.28. The number of hydrazine groups is 1. The Hall–Kier alpha value is -3.44. The van der Waals surface area contributed by atoms with Crippen molar-refractivity contribution >= 4 is 29.1 Å². The quantitative estimate of drug-likeness (QED) is 0.445. The van der Waals surface area contributed by atoms with E-state index < -0.39 is 44.5 Å². The van der Waals surface area contributed by atoms with Crippen LogP contribution in [0.25, 0.3) is 0 Å². The van der Waals surface area contributed by atoms with Crippen LogP contribution in [0.1, 0.15) is 17.3 Å². The van der Waals surface area contributed by atoms with Gasteiger partial charge in [0.25, 0.3) is 5.69 Å². The number of amides is 1. The molecule has 124 valence electrons. The average Bonchev–Trinajstić information content (AvgIpc) is 2.51. The van der Waals surface area contributed by atoms with Crippen LogP contribution in [0.3, 0.4) is 0 Å². The molecule has 1 amide bonds. The summed E-state index contributed by atoms with van der Waals surface area (Å²) in [6, 6.07) is 1.44. The second kappa shape index (κ2) is 7.53. The first kappa shape index (κ1) is 17.6. The summed E-state index contributed by atoms with van der Waals surface area (Å²) in [4.78, 5) is 43.0. The standard InChI is InChI=1S/C11H12N4O8/c1-3-23-10(16)7-4-6(14(18)19)5-8(15(20)21)9(7)12-13-11(17)22-2/h4-5,12H,3H2,1-2H3,(H,13,17). The van der Waals surface area contributed by atoms with Crippen LogP contribution >= 0.6 is 0 Å². The summed E-state index contributed by atoms with van der Waals surface area (Å²) < 4.78 is 8.98. The maximum Gasteiger partial charge on any atom is 0.425 e. The Labute approximate surface area is 128 Å². The molecule has 0 aliphatic carbocycles. The minimum Gasteiger partial charge on any atom is -0.462 e. The van der Waals surface area contributed by atoms with Crippen molar-refractivity contribution < 1.29 is 28.9 Å². The second-order valence-electron chi connectivity index (χ2n) is 3.86. The van der Waals surface area contributed by atoms with Gasteiger partial charge < -0.3 is 9.47 Å². The highest BCUT2D eigenvalue weighted by atomic mass is 16.6. The minimum absolute atomic E-state index is 0.0564. The van der Waals surface area contributed by atoms with E-state index in [1.54, 1.807) is 0 Å². The molecule has 0 saturated heterocycles. The molecule has 0 saturated carbocycles. The number of nitrogens with one attached hydrogen (secondary N) is 2. The summed E-state index contributed by atoms with van der Waals surface area (Å²) in [5, 5.41) is 21.9. The Bertz CT molecular complexity index is 660. The van der Waals surface area contributed by atoms with Gasteiger partial charge in [-0.05, 0) is 6.92 Å². The van der Waals surface area contributed by atoms with E-state index in [1.165, 1.54) is 6.92 Å². The average molecular weight is 328 g/mol. The fourth-order valence-electron chi connectivity index (χ4n) is 1.53. The molecule has 0 aliphatic heterocycles. The van der Waals surface area contributed by atoms with E-state index in [-0.39, 0.29) is 6.61 Å². The number of anilines is 1. The first-order valence-corrected chi connectivity index (χ1v) is 6.05. The van der Waals surface area contributed by atoms with Crippen LogP contribution in [-0.2, 0) is 9.47 Å². The number of hydrogen-bond donors (Lipinski definition) is 2. The van der Waals surface area contributed by atoms with Crippen LogP contribution in [0.15, 0.2) is 12.1 Å². The third-order valence-electron chi connectivity index (χ3n) is 2.48. The smallest absolute Gasteiger partial charge is 0.425 e. The van der Waals surface area contributed by atoms with E-state index in [1.807, 2.05) is 5.43 Å². The van der Waals surface area contributed by atoms with E-state index in [2.05, 4.69) is 10.2 Å². The summed E-state index contributed by atoms with van der Waals surface area (Å²) in [7, 11) is 1.05. The highest BCUT2D eigenvalue weighted by Crippen LogP contribution is 2.33. The Morgan fingerprint density at radius 3 is 2.35 bits per heavy atom. The lowest BCUT2D eigenvalue weighted by Gasteiger charge is -2.12. The summed E-state index contributed by atoms with van der Waals surface area (Å²) in [6.07, 6.45) is -0.993. The van der Waals surface area contributed by atoms with Crippen LogP contribution in [0.4, 0.5) is 21.9 Å². The monoisotopic (exact) mass is 328 g/mol. The molecule has 1 rings (SSSR count). The number of nitro benzene ring substituents is 2. The zero-order valence-electron chi connectivity index (χ0n) is 12.0. The van der Waals surface area contributed by atoms with Gasteiger partial charge in [0.15, 0.2) is 0 Å². The Morgan fingerprint density at radius 1 is 1.22 bits per heavy atom. The summed E-state index contributed by atoms with van der Waals surface area (Å²) in [6.45, 7) is 1.43. The normalized spacial score (nSPS) is 9.65. The van der Waals surface area contributed by atoms with Gasteiger partial charge in [-0.2, -0.15) is 0 Å². The maximum absolute atomic E-state index is 11.9. The lowest BCUT2D eigenvalue weighted by atomic mass is 10.1. The van der Waals surface area contributed by atoms with E-state index in [9.17, 15) is 29.8 Å². The van der Waals surface area contributed by atoms with E-state index in [0.29, 0.717) is 6.07 Å². The first-order valence-electron chi connectivity index (χ1n) is 6.05. The van der Waals surface area contributed by atoms with Crippen molar-refractivity contribution in [2.75, 3.05) is 19.1 Å².